The van der Waals surface area contributed by atoms with Crippen LogP contribution in [0.2, 0.25) is 0 Å². The maximum absolute atomic E-state index is 5.42. The fourth-order valence-electron chi connectivity index (χ4n) is 1.53. The molecule has 6 nitrogen and oxygen atoms in total. The maximum Gasteiger partial charge on any atom is 0.243 e. The molecular formula is C13H25N2O4+. The molecule has 1 aromatic rings. The van der Waals surface area contributed by atoms with Crippen molar-refractivity contribution in [1.82, 2.24) is 4.57 Å². The third-order valence-corrected chi connectivity index (χ3v) is 2.60. The van der Waals surface area contributed by atoms with Gasteiger partial charge in [0, 0.05) is 14.2 Å². The Bertz CT molecular complexity index is 289. The predicted octanol–water partition coefficient (Wildman–Crippen LogP) is 0.102. The summed E-state index contributed by atoms with van der Waals surface area (Å²) in [6.45, 7) is 5.67. The summed E-state index contributed by atoms with van der Waals surface area (Å²) in [4.78, 5) is 0. The van der Waals surface area contributed by atoms with Gasteiger partial charge in [0.05, 0.1) is 39.6 Å². The molecule has 0 saturated heterocycles. The van der Waals surface area contributed by atoms with Gasteiger partial charge >= 0.3 is 0 Å². The Morgan fingerprint density at radius 1 is 0.895 bits per heavy atom. The van der Waals surface area contributed by atoms with Crippen LogP contribution in [0.1, 0.15) is 0 Å². The van der Waals surface area contributed by atoms with Crippen molar-refractivity contribution in [3.05, 3.63) is 18.7 Å². The molecule has 0 spiro atoms. The number of aromatic nitrogens is 2. The van der Waals surface area contributed by atoms with Crippen molar-refractivity contribution in [3.63, 3.8) is 0 Å². The van der Waals surface area contributed by atoms with Crippen LogP contribution in [0, 0.1) is 0 Å². The van der Waals surface area contributed by atoms with Crippen molar-refractivity contribution in [2.75, 3.05) is 53.9 Å². The van der Waals surface area contributed by atoms with Crippen LogP contribution in [0.15, 0.2) is 18.7 Å². The third-order valence-electron chi connectivity index (χ3n) is 2.60. The number of nitrogens with zero attached hydrogens (tertiary/aromatic N) is 2. The SMILES string of the molecule is COCCOCCn1cc[n+](CCOCCOC)c1. The van der Waals surface area contributed by atoms with Gasteiger partial charge in [-0.3, -0.25) is 0 Å². The Morgan fingerprint density at radius 3 is 2.26 bits per heavy atom. The van der Waals surface area contributed by atoms with Crippen LogP contribution in [0.3, 0.4) is 0 Å². The average Bonchev–Trinajstić information content (AvgIpc) is 2.86. The van der Waals surface area contributed by atoms with E-state index in [4.69, 9.17) is 18.9 Å². The minimum absolute atomic E-state index is 0.643. The molecule has 110 valence electrons. The van der Waals surface area contributed by atoms with Gasteiger partial charge in [0.15, 0.2) is 0 Å². The largest absolute Gasteiger partial charge is 0.382 e. The smallest absolute Gasteiger partial charge is 0.243 e. The molecule has 0 saturated carbocycles. The fraction of sp³-hybridized carbons (Fsp3) is 0.769. The molecule has 0 aliphatic carbocycles. The average molecular weight is 273 g/mol. The molecule has 1 heterocycles. The highest BCUT2D eigenvalue weighted by molar-refractivity contribution is 4.65. The van der Waals surface area contributed by atoms with Gasteiger partial charge in [-0.1, -0.05) is 0 Å². The van der Waals surface area contributed by atoms with E-state index in [1.807, 2.05) is 12.4 Å². The lowest BCUT2D eigenvalue weighted by atomic mass is 10.6. The van der Waals surface area contributed by atoms with Crippen LogP contribution in [0.5, 0.6) is 0 Å². The fourth-order valence-corrected chi connectivity index (χ4v) is 1.53. The van der Waals surface area contributed by atoms with E-state index in [-0.39, 0.29) is 0 Å². The van der Waals surface area contributed by atoms with E-state index in [9.17, 15) is 0 Å². The van der Waals surface area contributed by atoms with Gasteiger partial charge < -0.3 is 18.9 Å². The van der Waals surface area contributed by atoms with Gasteiger partial charge in [-0.05, 0) is 0 Å². The van der Waals surface area contributed by atoms with Gasteiger partial charge in [0.25, 0.3) is 0 Å². The first-order valence-electron chi connectivity index (χ1n) is 6.55. The van der Waals surface area contributed by atoms with E-state index in [2.05, 4.69) is 15.5 Å². The lowest BCUT2D eigenvalue weighted by Gasteiger charge is -2.01. The number of methoxy groups -OCH3 is 2. The molecule has 0 aromatic carbocycles. The molecule has 1 aromatic heterocycles. The lowest BCUT2D eigenvalue weighted by Crippen LogP contribution is -2.34. The first-order valence-corrected chi connectivity index (χ1v) is 6.55. The zero-order chi connectivity index (χ0) is 13.8. The second-order valence-corrected chi connectivity index (χ2v) is 4.10. The number of hydrogen-bond acceptors (Lipinski definition) is 4. The molecule has 0 aliphatic heterocycles. The summed E-state index contributed by atoms with van der Waals surface area (Å²) in [6.07, 6.45) is 6.13. The predicted molar refractivity (Wildman–Crippen MR) is 70.0 cm³/mol. The highest BCUT2D eigenvalue weighted by Gasteiger charge is 2.03. The minimum atomic E-state index is 0.643. The molecule has 0 amide bonds. The van der Waals surface area contributed by atoms with E-state index in [1.54, 1.807) is 14.2 Å². The maximum atomic E-state index is 5.42. The molecule has 1 rings (SSSR count). The van der Waals surface area contributed by atoms with Crippen LogP contribution in [-0.4, -0.2) is 58.4 Å². The summed E-state index contributed by atoms with van der Waals surface area (Å²) in [6, 6.07) is 0. The number of rotatable bonds is 12. The Morgan fingerprint density at radius 2 is 1.58 bits per heavy atom. The topological polar surface area (TPSA) is 45.7 Å². The summed E-state index contributed by atoms with van der Waals surface area (Å²) in [5.74, 6) is 0. The molecule has 0 bridgehead atoms. The van der Waals surface area contributed by atoms with E-state index in [1.165, 1.54) is 0 Å². The molecule has 19 heavy (non-hydrogen) atoms. The molecule has 0 atom stereocenters. The van der Waals surface area contributed by atoms with Crippen molar-refractivity contribution in [2.45, 2.75) is 13.1 Å². The Kier molecular flexibility index (Phi) is 9.26. The molecule has 0 fully saturated rings. The van der Waals surface area contributed by atoms with E-state index >= 15 is 0 Å². The monoisotopic (exact) mass is 273 g/mol. The number of hydrogen-bond donors (Lipinski definition) is 0. The first kappa shape index (κ1) is 16.1. The van der Waals surface area contributed by atoms with Gasteiger partial charge in [0.1, 0.15) is 25.5 Å². The normalized spacial score (nSPS) is 11.1. The zero-order valence-electron chi connectivity index (χ0n) is 11.9. The molecule has 6 heteroatoms. The summed E-state index contributed by atoms with van der Waals surface area (Å²) in [5, 5.41) is 0. The van der Waals surface area contributed by atoms with Crippen LogP contribution >= 0.6 is 0 Å². The molecule has 0 N–H and O–H groups in total. The van der Waals surface area contributed by atoms with Gasteiger partial charge in [0.2, 0.25) is 6.33 Å². The highest BCUT2D eigenvalue weighted by atomic mass is 16.5. The molecule has 0 aliphatic rings. The highest BCUT2D eigenvalue weighted by Crippen LogP contribution is 1.87. The van der Waals surface area contributed by atoms with Gasteiger partial charge in [-0.2, -0.15) is 0 Å². The summed E-state index contributed by atoms with van der Waals surface area (Å²) in [5.41, 5.74) is 0. The van der Waals surface area contributed by atoms with E-state index in [0.29, 0.717) is 39.6 Å². The first-order chi connectivity index (χ1) is 9.36. The van der Waals surface area contributed by atoms with Gasteiger partial charge in [-0.25, -0.2) is 9.13 Å². The summed E-state index contributed by atoms with van der Waals surface area (Å²) >= 11 is 0. The van der Waals surface area contributed by atoms with Crippen molar-refractivity contribution in [1.29, 1.82) is 0 Å². The van der Waals surface area contributed by atoms with Crippen LogP contribution in [0.4, 0.5) is 0 Å². The van der Waals surface area contributed by atoms with E-state index < -0.39 is 0 Å². The second-order valence-electron chi connectivity index (χ2n) is 4.10. The lowest BCUT2D eigenvalue weighted by molar-refractivity contribution is -0.698. The van der Waals surface area contributed by atoms with Crippen LogP contribution in [-0.2, 0) is 32.0 Å². The van der Waals surface area contributed by atoms with Crippen LogP contribution in [0.25, 0.3) is 0 Å². The van der Waals surface area contributed by atoms with Crippen molar-refractivity contribution >= 4 is 0 Å². The second kappa shape index (κ2) is 10.9. The van der Waals surface area contributed by atoms with Crippen LogP contribution < -0.4 is 4.57 Å². The van der Waals surface area contributed by atoms with Crippen molar-refractivity contribution in [2.24, 2.45) is 0 Å². The Hall–Kier alpha value is -0.950. The van der Waals surface area contributed by atoms with Crippen molar-refractivity contribution in [3.8, 4) is 0 Å². The summed E-state index contributed by atoms with van der Waals surface area (Å²) in [7, 11) is 3.35. The number of ether oxygens (including phenoxy) is 4. The van der Waals surface area contributed by atoms with Crippen molar-refractivity contribution < 1.29 is 23.5 Å². The molecular weight excluding hydrogens is 248 g/mol. The molecule has 0 radical (unpaired) electrons. The van der Waals surface area contributed by atoms with E-state index in [0.717, 1.165) is 13.1 Å². The quantitative estimate of drug-likeness (QED) is 0.400. The Labute approximate surface area is 114 Å². The van der Waals surface area contributed by atoms with Gasteiger partial charge in [-0.15, -0.1) is 0 Å². The Balaban J connectivity index is 2.07. The number of imidazole rings is 1. The summed E-state index contributed by atoms with van der Waals surface area (Å²) < 4.78 is 24.9. The third kappa shape index (κ3) is 7.94. The minimum Gasteiger partial charge on any atom is -0.382 e. The standard InChI is InChI=1S/C13H25N2O4/c1-16-9-11-18-7-5-14-3-4-15(13-14)6-8-19-12-10-17-2/h3-4,13H,5-12H2,1-2H3/q+1. The molecule has 0 unspecified atom stereocenters. The zero-order valence-corrected chi connectivity index (χ0v) is 11.9.